The molecule has 6 nitrogen and oxygen atoms in total. The van der Waals surface area contributed by atoms with E-state index >= 15 is 0 Å². The second kappa shape index (κ2) is 5.59. The fraction of sp³-hybridized carbons (Fsp3) is 0. The highest BCUT2D eigenvalue weighted by Crippen LogP contribution is 2.35. The van der Waals surface area contributed by atoms with Gasteiger partial charge in [0.1, 0.15) is 22.2 Å². The van der Waals surface area contributed by atoms with E-state index in [2.05, 4.69) is 14.9 Å². The van der Waals surface area contributed by atoms with E-state index in [1.807, 2.05) is 0 Å². The molecule has 0 saturated heterocycles. The smallest absolute Gasteiger partial charge is 0.265 e. The molecule has 0 fully saturated rings. The molecule has 2 aromatic carbocycles. The Balaban J connectivity index is 2.20. The third kappa shape index (κ3) is 2.71. The predicted octanol–water partition coefficient (Wildman–Crippen LogP) is 3.61. The highest BCUT2D eigenvalue weighted by Gasteiger charge is 2.28. The maximum atomic E-state index is 13.6. The molecule has 0 aliphatic heterocycles. The largest absolute Gasteiger partial charge is 0.274 e. The zero-order valence-corrected chi connectivity index (χ0v) is 13.2. The maximum absolute atomic E-state index is 13.6. The second-order valence-electron chi connectivity index (χ2n) is 4.33. The molecule has 0 saturated carbocycles. The summed E-state index contributed by atoms with van der Waals surface area (Å²) in [5.41, 5.74) is -1.15. The van der Waals surface area contributed by atoms with Crippen LogP contribution >= 0.6 is 23.2 Å². The average Bonchev–Trinajstić information content (AvgIpc) is 2.92. The van der Waals surface area contributed by atoms with Gasteiger partial charge >= 0.3 is 0 Å². The third-order valence-corrected chi connectivity index (χ3v) is 4.99. The number of para-hydroxylation sites is 1. The van der Waals surface area contributed by atoms with Gasteiger partial charge in [-0.25, -0.2) is 21.8 Å². The van der Waals surface area contributed by atoms with Crippen LogP contribution in [0, 0.1) is 11.6 Å². The van der Waals surface area contributed by atoms with Gasteiger partial charge in [-0.1, -0.05) is 29.3 Å². The highest BCUT2D eigenvalue weighted by molar-refractivity contribution is 7.93. The quantitative estimate of drug-likeness (QED) is 0.751. The Kier molecular flexibility index (Phi) is 3.86. The van der Waals surface area contributed by atoms with Gasteiger partial charge in [0, 0.05) is 0 Å². The van der Waals surface area contributed by atoms with Crippen molar-refractivity contribution in [2.24, 2.45) is 0 Å². The van der Waals surface area contributed by atoms with Crippen LogP contribution in [-0.4, -0.2) is 18.7 Å². The number of hydrogen-bond donors (Lipinski definition) is 1. The topological polar surface area (TPSA) is 85.1 Å². The van der Waals surface area contributed by atoms with Gasteiger partial charge in [0.15, 0.2) is 11.0 Å². The monoisotopic (exact) mass is 379 g/mol. The third-order valence-electron chi connectivity index (χ3n) is 2.87. The lowest BCUT2D eigenvalue weighted by molar-refractivity contribution is 0.315. The number of aromatic nitrogens is 2. The molecule has 0 radical (unpaired) electrons. The molecule has 0 unspecified atom stereocenters. The van der Waals surface area contributed by atoms with Crippen molar-refractivity contribution >= 4 is 49.9 Å². The molecular formula is C12H5Cl2F2N3O3S. The Labute approximate surface area is 138 Å². The van der Waals surface area contributed by atoms with Crippen molar-refractivity contribution in [2.45, 2.75) is 4.90 Å². The molecule has 3 rings (SSSR count). The van der Waals surface area contributed by atoms with Crippen LogP contribution in [0.3, 0.4) is 0 Å². The number of anilines is 1. The minimum Gasteiger partial charge on any atom is -0.274 e. The van der Waals surface area contributed by atoms with E-state index in [4.69, 9.17) is 23.2 Å². The van der Waals surface area contributed by atoms with Crippen LogP contribution in [0.2, 0.25) is 10.0 Å². The molecule has 0 bridgehead atoms. The van der Waals surface area contributed by atoms with Crippen LogP contribution in [0.25, 0.3) is 11.0 Å². The molecule has 23 heavy (non-hydrogen) atoms. The van der Waals surface area contributed by atoms with Crippen molar-refractivity contribution in [1.82, 2.24) is 10.3 Å². The number of fused-ring (bicyclic) bond motifs is 1. The number of nitrogens with one attached hydrogen (secondary N) is 1. The fourth-order valence-corrected chi connectivity index (χ4v) is 3.95. The molecule has 1 N–H and O–H groups in total. The van der Waals surface area contributed by atoms with E-state index in [1.165, 1.54) is 0 Å². The van der Waals surface area contributed by atoms with E-state index in [9.17, 15) is 17.2 Å². The number of sulfonamides is 1. The van der Waals surface area contributed by atoms with Crippen LogP contribution in [-0.2, 0) is 10.0 Å². The number of nitrogens with zero attached hydrogens (tertiary/aromatic N) is 2. The Hall–Kier alpha value is -1.97. The Morgan fingerprint density at radius 2 is 1.65 bits per heavy atom. The molecular weight excluding hydrogens is 375 g/mol. The molecule has 0 atom stereocenters. The van der Waals surface area contributed by atoms with E-state index in [1.54, 1.807) is 4.72 Å². The normalized spacial score (nSPS) is 11.8. The van der Waals surface area contributed by atoms with Gasteiger partial charge in [-0.15, -0.1) is 0 Å². The van der Waals surface area contributed by atoms with Crippen molar-refractivity contribution in [1.29, 1.82) is 0 Å². The molecule has 1 aromatic heterocycles. The second-order valence-corrected chi connectivity index (χ2v) is 6.77. The molecule has 0 spiro atoms. The Morgan fingerprint density at radius 1 is 1.04 bits per heavy atom. The fourth-order valence-electron chi connectivity index (χ4n) is 1.89. The SMILES string of the molecule is O=S(=O)(Nc1c(F)cccc1F)c1c(Cl)cc(Cl)c2nonc12. The van der Waals surface area contributed by atoms with Crippen molar-refractivity contribution in [3.05, 3.63) is 45.9 Å². The molecule has 0 aliphatic carbocycles. The molecule has 1 heterocycles. The summed E-state index contributed by atoms with van der Waals surface area (Å²) in [4.78, 5) is -0.553. The van der Waals surface area contributed by atoms with Gasteiger partial charge in [0.25, 0.3) is 10.0 Å². The summed E-state index contributed by atoms with van der Waals surface area (Å²) < 4.78 is 58.5. The number of rotatable bonds is 3. The standard InChI is InChI=1S/C12H5Cl2F2N3O3S/c13-5-4-6(14)12(11-9(5)17-22-18-11)23(20,21)19-10-7(15)2-1-3-8(10)16/h1-4,19H. The van der Waals surface area contributed by atoms with Crippen molar-refractivity contribution in [3.8, 4) is 0 Å². The predicted molar refractivity (Wildman–Crippen MR) is 79.0 cm³/mol. The summed E-state index contributed by atoms with van der Waals surface area (Å²) in [5.74, 6) is -2.18. The first-order valence-electron chi connectivity index (χ1n) is 5.88. The van der Waals surface area contributed by atoms with E-state index < -0.39 is 32.2 Å². The van der Waals surface area contributed by atoms with Crippen LogP contribution in [0.15, 0.2) is 33.8 Å². The van der Waals surface area contributed by atoms with Crippen molar-refractivity contribution < 1.29 is 21.8 Å². The minimum atomic E-state index is -4.49. The van der Waals surface area contributed by atoms with Crippen LogP contribution in [0.1, 0.15) is 0 Å². The summed E-state index contributed by atoms with van der Waals surface area (Å²) in [6.45, 7) is 0. The molecule has 0 aliphatic rings. The lowest BCUT2D eigenvalue weighted by Crippen LogP contribution is -2.16. The lowest BCUT2D eigenvalue weighted by Gasteiger charge is -2.11. The summed E-state index contributed by atoms with van der Waals surface area (Å²) in [6, 6.07) is 4.01. The van der Waals surface area contributed by atoms with Crippen LogP contribution in [0.4, 0.5) is 14.5 Å². The van der Waals surface area contributed by atoms with Crippen molar-refractivity contribution in [3.63, 3.8) is 0 Å². The van der Waals surface area contributed by atoms with Crippen molar-refractivity contribution in [2.75, 3.05) is 4.72 Å². The van der Waals surface area contributed by atoms with Gasteiger partial charge in [0.2, 0.25) is 0 Å². The Bertz CT molecular complexity index is 1000. The minimum absolute atomic E-state index is 0.0160. The number of benzene rings is 2. The maximum Gasteiger partial charge on any atom is 0.265 e. The number of hydrogen-bond acceptors (Lipinski definition) is 5. The Morgan fingerprint density at radius 3 is 2.30 bits per heavy atom. The summed E-state index contributed by atoms with van der Waals surface area (Å²) in [6.07, 6.45) is 0. The summed E-state index contributed by atoms with van der Waals surface area (Å²) in [5, 5.41) is 6.60. The first kappa shape index (κ1) is 15.9. The van der Waals surface area contributed by atoms with Crippen LogP contribution in [0.5, 0.6) is 0 Å². The number of halogens is 4. The van der Waals surface area contributed by atoms with Gasteiger partial charge in [-0.2, -0.15) is 0 Å². The first-order valence-corrected chi connectivity index (χ1v) is 8.12. The molecule has 0 amide bonds. The summed E-state index contributed by atoms with van der Waals surface area (Å²) in [7, 11) is -4.49. The van der Waals surface area contributed by atoms with E-state index in [-0.39, 0.29) is 21.1 Å². The van der Waals surface area contributed by atoms with Gasteiger partial charge in [0.05, 0.1) is 10.0 Å². The van der Waals surface area contributed by atoms with E-state index in [0.29, 0.717) is 0 Å². The highest BCUT2D eigenvalue weighted by atomic mass is 35.5. The van der Waals surface area contributed by atoms with E-state index in [0.717, 1.165) is 24.3 Å². The molecule has 3 aromatic rings. The van der Waals surface area contributed by atoms with Gasteiger partial charge in [-0.05, 0) is 28.5 Å². The zero-order chi connectivity index (χ0) is 16.8. The summed E-state index contributed by atoms with van der Waals surface area (Å²) >= 11 is 11.7. The molecule has 11 heteroatoms. The van der Waals surface area contributed by atoms with Crippen LogP contribution < -0.4 is 4.72 Å². The average molecular weight is 380 g/mol. The lowest BCUT2D eigenvalue weighted by atomic mass is 10.3. The van der Waals surface area contributed by atoms with Gasteiger partial charge in [-0.3, -0.25) is 4.72 Å². The molecule has 120 valence electrons. The zero-order valence-electron chi connectivity index (χ0n) is 10.8. The van der Waals surface area contributed by atoms with Gasteiger partial charge < -0.3 is 0 Å². The first-order chi connectivity index (χ1) is 10.8.